The lowest BCUT2D eigenvalue weighted by Crippen LogP contribution is -2.04. The predicted octanol–water partition coefficient (Wildman–Crippen LogP) is 3.07. The molecule has 0 aliphatic carbocycles. The highest BCUT2D eigenvalue weighted by Crippen LogP contribution is 2.20. The van der Waals surface area contributed by atoms with Gasteiger partial charge in [0.05, 0.1) is 0 Å². The number of unbranched alkanes of at least 4 members (excludes halogenated alkanes) is 1. The Morgan fingerprint density at radius 2 is 2.06 bits per heavy atom. The molecular formula is C14H18N2O. The van der Waals surface area contributed by atoms with E-state index in [2.05, 4.69) is 22.4 Å². The second-order valence-corrected chi connectivity index (χ2v) is 4.01. The number of nitrogens with one attached hydrogen (secondary N) is 1. The number of aromatic nitrogens is 1. The Bertz CT molecular complexity index is 465. The Morgan fingerprint density at radius 1 is 1.18 bits per heavy atom. The molecule has 0 aliphatic rings. The van der Waals surface area contributed by atoms with E-state index in [1.165, 1.54) is 10.8 Å². The van der Waals surface area contributed by atoms with Crippen LogP contribution in [0.15, 0.2) is 36.5 Å². The molecule has 0 radical (unpaired) electrons. The second-order valence-electron chi connectivity index (χ2n) is 4.01. The summed E-state index contributed by atoms with van der Waals surface area (Å²) in [6.07, 6.45) is 4.02. The maximum absolute atomic E-state index is 5.02. The lowest BCUT2D eigenvalue weighted by atomic mass is 10.1. The maximum atomic E-state index is 5.02. The highest BCUT2D eigenvalue weighted by Gasteiger charge is 2.00. The Morgan fingerprint density at radius 3 is 2.94 bits per heavy atom. The monoisotopic (exact) mass is 230 g/mol. The largest absolute Gasteiger partial charge is 0.385 e. The van der Waals surface area contributed by atoms with Gasteiger partial charge < -0.3 is 10.1 Å². The van der Waals surface area contributed by atoms with Crippen LogP contribution in [0, 0.1) is 0 Å². The van der Waals surface area contributed by atoms with Gasteiger partial charge >= 0.3 is 0 Å². The van der Waals surface area contributed by atoms with Gasteiger partial charge in [0.1, 0.15) is 5.82 Å². The van der Waals surface area contributed by atoms with E-state index in [9.17, 15) is 0 Å². The highest BCUT2D eigenvalue weighted by atomic mass is 16.5. The van der Waals surface area contributed by atoms with Crippen LogP contribution in [-0.4, -0.2) is 25.2 Å². The van der Waals surface area contributed by atoms with E-state index in [0.717, 1.165) is 31.8 Å². The molecule has 90 valence electrons. The van der Waals surface area contributed by atoms with Gasteiger partial charge in [-0.2, -0.15) is 0 Å². The molecule has 0 fully saturated rings. The first kappa shape index (κ1) is 11.9. The third-order valence-electron chi connectivity index (χ3n) is 2.74. The Balaban J connectivity index is 1.98. The zero-order valence-electron chi connectivity index (χ0n) is 10.1. The van der Waals surface area contributed by atoms with Crippen molar-refractivity contribution in [2.45, 2.75) is 12.8 Å². The molecule has 1 N–H and O–H groups in total. The summed E-state index contributed by atoms with van der Waals surface area (Å²) in [5.74, 6) is 0.973. The summed E-state index contributed by atoms with van der Waals surface area (Å²) in [7, 11) is 1.74. The van der Waals surface area contributed by atoms with E-state index in [1.54, 1.807) is 7.11 Å². The van der Waals surface area contributed by atoms with E-state index in [0.29, 0.717) is 0 Å². The van der Waals surface area contributed by atoms with Crippen molar-refractivity contribution in [3.8, 4) is 0 Å². The van der Waals surface area contributed by atoms with Crippen molar-refractivity contribution in [1.29, 1.82) is 0 Å². The lowest BCUT2D eigenvalue weighted by molar-refractivity contribution is 0.194. The summed E-state index contributed by atoms with van der Waals surface area (Å²) in [5, 5.41) is 5.79. The van der Waals surface area contributed by atoms with Gasteiger partial charge in [0.2, 0.25) is 0 Å². The van der Waals surface area contributed by atoms with Crippen LogP contribution in [0.1, 0.15) is 12.8 Å². The van der Waals surface area contributed by atoms with E-state index in [-0.39, 0.29) is 0 Å². The molecule has 0 spiro atoms. The van der Waals surface area contributed by atoms with Crippen LogP contribution in [0.4, 0.5) is 5.82 Å². The molecule has 0 unspecified atom stereocenters. The van der Waals surface area contributed by atoms with E-state index in [4.69, 9.17) is 4.74 Å². The molecule has 0 aliphatic heterocycles. The number of pyridine rings is 1. The summed E-state index contributed by atoms with van der Waals surface area (Å²) in [6, 6.07) is 10.3. The van der Waals surface area contributed by atoms with Crippen molar-refractivity contribution in [3.05, 3.63) is 36.5 Å². The average Bonchev–Trinajstić information content (AvgIpc) is 2.39. The number of rotatable bonds is 6. The number of methoxy groups -OCH3 is 1. The van der Waals surface area contributed by atoms with Crippen LogP contribution in [0.3, 0.4) is 0 Å². The second kappa shape index (κ2) is 6.21. The van der Waals surface area contributed by atoms with Gasteiger partial charge in [-0.15, -0.1) is 0 Å². The van der Waals surface area contributed by atoms with Gasteiger partial charge in [0.25, 0.3) is 0 Å². The fourth-order valence-corrected chi connectivity index (χ4v) is 1.84. The van der Waals surface area contributed by atoms with Crippen molar-refractivity contribution in [2.24, 2.45) is 0 Å². The zero-order valence-corrected chi connectivity index (χ0v) is 10.1. The number of hydrogen-bond donors (Lipinski definition) is 1. The highest BCUT2D eigenvalue weighted by molar-refractivity contribution is 5.91. The molecule has 3 heteroatoms. The molecule has 2 rings (SSSR count). The molecule has 1 aromatic heterocycles. The lowest BCUT2D eigenvalue weighted by Gasteiger charge is -2.08. The first-order valence-electron chi connectivity index (χ1n) is 5.98. The third-order valence-corrected chi connectivity index (χ3v) is 2.74. The Hall–Kier alpha value is -1.61. The number of nitrogens with zero attached hydrogens (tertiary/aromatic N) is 1. The Labute approximate surface area is 102 Å². The number of ether oxygens (including phenoxy) is 1. The summed E-state index contributed by atoms with van der Waals surface area (Å²) in [6.45, 7) is 1.76. The van der Waals surface area contributed by atoms with E-state index in [1.807, 2.05) is 24.4 Å². The molecule has 0 saturated carbocycles. The molecule has 0 atom stereocenters. The minimum absolute atomic E-state index is 0.824. The molecule has 17 heavy (non-hydrogen) atoms. The van der Waals surface area contributed by atoms with Crippen molar-refractivity contribution in [1.82, 2.24) is 4.98 Å². The number of hydrogen-bond acceptors (Lipinski definition) is 3. The minimum atomic E-state index is 0.824. The standard InChI is InChI=1S/C14H18N2O/c1-17-11-5-4-9-15-14-13-7-3-2-6-12(13)8-10-16-14/h2-3,6-8,10H,4-5,9,11H2,1H3,(H,15,16). The molecule has 1 heterocycles. The fraction of sp³-hybridized carbons (Fsp3) is 0.357. The topological polar surface area (TPSA) is 34.1 Å². The van der Waals surface area contributed by atoms with Crippen LogP contribution in [0.25, 0.3) is 10.8 Å². The zero-order chi connectivity index (χ0) is 11.9. The Kier molecular flexibility index (Phi) is 4.33. The van der Waals surface area contributed by atoms with Gasteiger partial charge in [-0.1, -0.05) is 24.3 Å². The van der Waals surface area contributed by atoms with Gasteiger partial charge in [-0.05, 0) is 24.3 Å². The first-order valence-corrected chi connectivity index (χ1v) is 5.98. The number of anilines is 1. The van der Waals surface area contributed by atoms with Gasteiger partial charge in [0, 0.05) is 31.8 Å². The summed E-state index contributed by atoms with van der Waals surface area (Å²) in [4.78, 5) is 4.38. The molecule has 3 nitrogen and oxygen atoms in total. The smallest absolute Gasteiger partial charge is 0.133 e. The first-order chi connectivity index (χ1) is 8.42. The predicted molar refractivity (Wildman–Crippen MR) is 71.3 cm³/mol. The van der Waals surface area contributed by atoms with Crippen LogP contribution in [0.5, 0.6) is 0 Å². The normalized spacial score (nSPS) is 10.6. The maximum Gasteiger partial charge on any atom is 0.133 e. The summed E-state index contributed by atoms with van der Waals surface area (Å²) in [5.41, 5.74) is 0. The van der Waals surface area contributed by atoms with Crippen LogP contribution >= 0.6 is 0 Å². The number of fused-ring (bicyclic) bond motifs is 1. The van der Waals surface area contributed by atoms with Crippen molar-refractivity contribution < 1.29 is 4.74 Å². The van der Waals surface area contributed by atoms with Crippen LogP contribution in [0.2, 0.25) is 0 Å². The quantitative estimate of drug-likeness (QED) is 0.774. The summed E-state index contributed by atoms with van der Waals surface area (Å²) >= 11 is 0. The van der Waals surface area contributed by atoms with Crippen molar-refractivity contribution in [3.63, 3.8) is 0 Å². The molecule has 0 bridgehead atoms. The SMILES string of the molecule is COCCCCNc1nccc2ccccc12. The van der Waals surface area contributed by atoms with Gasteiger partial charge in [-0.3, -0.25) is 0 Å². The van der Waals surface area contributed by atoms with Crippen LogP contribution < -0.4 is 5.32 Å². The van der Waals surface area contributed by atoms with Gasteiger partial charge in [0.15, 0.2) is 0 Å². The van der Waals surface area contributed by atoms with Crippen LogP contribution in [-0.2, 0) is 4.74 Å². The molecule has 1 aromatic carbocycles. The molecule has 2 aromatic rings. The summed E-state index contributed by atoms with van der Waals surface area (Å²) < 4.78 is 5.02. The fourth-order valence-electron chi connectivity index (χ4n) is 1.84. The molecular weight excluding hydrogens is 212 g/mol. The third kappa shape index (κ3) is 3.17. The van der Waals surface area contributed by atoms with E-state index >= 15 is 0 Å². The molecule has 0 saturated heterocycles. The average molecular weight is 230 g/mol. The van der Waals surface area contributed by atoms with Crippen molar-refractivity contribution >= 4 is 16.6 Å². The number of benzene rings is 1. The van der Waals surface area contributed by atoms with Crippen molar-refractivity contribution in [2.75, 3.05) is 25.6 Å². The van der Waals surface area contributed by atoms with E-state index < -0.39 is 0 Å². The van der Waals surface area contributed by atoms with Gasteiger partial charge in [-0.25, -0.2) is 4.98 Å². The minimum Gasteiger partial charge on any atom is -0.385 e. The molecule has 0 amide bonds.